The van der Waals surface area contributed by atoms with E-state index < -0.39 is 8.32 Å². The molecule has 2 rings (SSSR count). The quantitative estimate of drug-likeness (QED) is 0.262. The van der Waals surface area contributed by atoms with Crippen LogP contribution in [0.1, 0.15) is 25.0 Å². The molecule has 0 heterocycles. The molecule has 2 aromatic carbocycles. The normalized spacial score (nSPS) is 13.5. The van der Waals surface area contributed by atoms with Gasteiger partial charge in [0.25, 0.3) is 0 Å². The number of hydroxylamine groups is 2. The Morgan fingerprint density at radius 1 is 0.964 bits per heavy atom. The number of hydrogen-bond acceptors (Lipinski definition) is 3. The summed E-state index contributed by atoms with van der Waals surface area (Å²) in [6.45, 7) is 17.0. The van der Waals surface area contributed by atoms with E-state index in [9.17, 15) is 0 Å². The summed E-state index contributed by atoms with van der Waals surface area (Å²) in [5, 5.41) is 2.13. The maximum absolute atomic E-state index is 6.54. The number of nitrogens with zero attached hydrogens (tertiary/aromatic N) is 1. The average Bonchev–Trinajstić information content (AvgIpc) is 2.65. The van der Waals surface area contributed by atoms with Crippen molar-refractivity contribution in [1.82, 2.24) is 5.06 Å². The molecule has 0 aliphatic carbocycles. The van der Waals surface area contributed by atoms with Crippen LogP contribution in [-0.4, -0.2) is 26.0 Å². The zero-order chi connectivity index (χ0) is 20.6. The van der Waals surface area contributed by atoms with Gasteiger partial charge >= 0.3 is 0 Å². The van der Waals surface area contributed by atoms with Gasteiger partial charge in [0, 0.05) is 12.0 Å². The summed E-state index contributed by atoms with van der Waals surface area (Å²) < 4.78 is 12.7. The van der Waals surface area contributed by atoms with E-state index in [2.05, 4.69) is 81.5 Å². The van der Waals surface area contributed by atoms with Crippen molar-refractivity contribution in [1.29, 1.82) is 0 Å². The van der Waals surface area contributed by atoms with Gasteiger partial charge in [-0.05, 0) is 30.8 Å². The summed E-state index contributed by atoms with van der Waals surface area (Å²) in [6, 6.07) is 20.8. The van der Waals surface area contributed by atoms with E-state index in [1.165, 1.54) is 11.1 Å². The molecule has 0 fully saturated rings. The molecule has 0 amide bonds. The van der Waals surface area contributed by atoms with Crippen molar-refractivity contribution in [3.05, 3.63) is 84.4 Å². The van der Waals surface area contributed by atoms with E-state index >= 15 is 0 Å². The number of hydrogen-bond donors (Lipinski definition) is 0. The highest BCUT2D eigenvalue weighted by Gasteiger charge is 2.35. The van der Waals surface area contributed by atoms with Crippen LogP contribution < -0.4 is 0 Å². The van der Waals surface area contributed by atoms with Crippen LogP contribution in [0.5, 0.6) is 0 Å². The maximum atomic E-state index is 6.54. The van der Waals surface area contributed by atoms with Gasteiger partial charge in [0.2, 0.25) is 8.32 Å². The van der Waals surface area contributed by atoms with Crippen LogP contribution in [0.4, 0.5) is 0 Å². The van der Waals surface area contributed by atoms with Crippen molar-refractivity contribution >= 4 is 8.32 Å². The molecule has 2 aromatic rings. The molecule has 0 N–H and O–H groups in total. The Hall–Kier alpha value is -1.72. The van der Waals surface area contributed by atoms with Crippen LogP contribution in [0, 0.1) is 5.41 Å². The van der Waals surface area contributed by atoms with Gasteiger partial charge < -0.3 is 9.26 Å². The predicted octanol–water partition coefficient (Wildman–Crippen LogP) is 6.05. The second kappa shape index (κ2) is 10.2. The van der Waals surface area contributed by atoms with E-state index in [1.807, 2.05) is 30.3 Å². The van der Waals surface area contributed by atoms with Crippen LogP contribution >= 0.6 is 0 Å². The van der Waals surface area contributed by atoms with Crippen LogP contribution in [0.25, 0.3) is 0 Å². The number of ether oxygens (including phenoxy) is 1. The summed E-state index contributed by atoms with van der Waals surface area (Å²) in [6.07, 6.45) is 2.01. The van der Waals surface area contributed by atoms with Crippen molar-refractivity contribution in [3.63, 3.8) is 0 Å². The second-order valence-corrected chi connectivity index (χ2v) is 13.2. The lowest BCUT2D eigenvalue weighted by molar-refractivity contribution is -0.157. The Morgan fingerprint density at radius 2 is 1.50 bits per heavy atom. The summed E-state index contributed by atoms with van der Waals surface area (Å²) >= 11 is 0. The van der Waals surface area contributed by atoms with Gasteiger partial charge in [-0.2, -0.15) is 5.06 Å². The minimum atomic E-state index is -1.80. The van der Waals surface area contributed by atoms with Crippen LogP contribution in [0.3, 0.4) is 0 Å². The van der Waals surface area contributed by atoms with Crippen molar-refractivity contribution in [2.24, 2.45) is 5.41 Å². The van der Waals surface area contributed by atoms with Crippen molar-refractivity contribution in [2.45, 2.75) is 52.7 Å². The first kappa shape index (κ1) is 22.6. The van der Waals surface area contributed by atoms with Crippen LogP contribution in [0.15, 0.2) is 73.3 Å². The van der Waals surface area contributed by atoms with Gasteiger partial charge in [-0.1, -0.05) is 80.6 Å². The largest absolute Gasteiger partial charge is 0.375 e. The summed E-state index contributed by atoms with van der Waals surface area (Å²) in [5.74, 6) is 0. The predicted molar refractivity (Wildman–Crippen MR) is 120 cm³/mol. The molecule has 0 bridgehead atoms. The number of rotatable bonds is 11. The Morgan fingerprint density at radius 3 is 2.00 bits per heavy atom. The smallest absolute Gasteiger partial charge is 0.212 e. The highest BCUT2D eigenvalue weighted by atomic mass is 28.4. The van der Waals surface area contributed by atoms with Gasteiger partial charge in [-0.25, -0.2) is 0 Å². The fourth-order valence-electron chi connectivity index (χ4n) is 2.99. The molecule has 1 unspecified atom stereocenters. The Labute approximate surface area is 172 Å². The highest BCUT2D eigenvalue weighted by molar-refractivity contribution is 6.69. The Bertz CT molecular complexity index is 710. The van der Waals surface area contributed by atoms with E-state index in [1.54, 1.807) is 0 Å². The SMILES string of the molecule is C=CC(C)(C)C(COCc1ccccc1)N(Cc1ccccc1)O[Si](C)(C)C. The third-order valence-electron chi connectivity index (χ3n) is 4.69. The highest BCUT2D eigenvalue weighted by Crippen LogP contribution is 2.30. The summed E-state index contributed by atoms with van der Waals surface area (Å²) in [5.41, 5.74) is 2.25. The molecular formula is C24H35NO2Si. The molecule has 0 spiro atoms. The molecule has 0 radical (unpaired) electrons. The lowest BCUT2D eigenvalue weighted by atomic mass is 9.84. The first-order valence-corrected chi connectivity index (χ1v) is 13.4. The van der Waals surface area contributed by atoms with E-state index in [0.717, 1.165) is 6.54 Å². The van der Waals surface area contributed by atoms with Gasteiger partial charge in [0.15, 0.2) is 0 Å². The van der Waals surface area contributed by atoms with Gasteiger partial charge in [0.1, 0.15) is 0 Å². The number of benzene rings is 2. The van der Waals surface area contributed by atoms with Gasteiger partial charge in [0.05, 0.1) is 19.3 Å². The fourth-order valence-corrected chi connectivity index (χ4v) is 3.88. The first-order valence-electron chi connectivity index (χ1n) is 9.96. The van der Waals surface area contributed by atoms with E-state index in [4.69, 9.17) is 9.26 Å². The van der Waals surface area contributed by atoms with Gasteiger partial charge in [-0.15, -0.1) is 6.58 Å². The lowest BCUT2D eigenvalue weighted by Crippen LogP contribution is -2.51. The minimum absolute atomic E-state index is 0.0562. The third-order valence-corrected chi connectivity index (χ3v) is 5.47. The molecule has 3 nitrogen and oxygen atoms in total. The third kappa shape index (κ3) is 7.36. The molecule has 28 heavy (non-hydrogen) atoms. The standard InChI is InChI=1S/C24H35NO2Si/c1-7-24(2,3)23(20-26-19-22-16-12-9-13-17-22)25(27-28(4,5)6)18-21-14-10-8-11-15-21/h7-17,23H,1,18-20H2,2-6H3. The minimum Gasteiger partial charge on any atom is -0.375 e. The molecule has 0 saturated heterocycles. The Kier molecular flexibility index (Phi) is 8.19. The lowest BCUT2D eigenvalue weighted by Gasteiger charge is -2.42. The van der Waals surface area contributed by atoms with Crippen LogP contribution in [-0.2, 0) is 22.4 Å². The zero-order valence-corrected chi connectivity index (χ0v) is 19.0. The van der Waals surface area contributed by atoms with E-state index in [-0.39, 0.29) is 11.5 Å². The molecule has 0 aromatic heterocycles. The molecule has 4 heteroatoms. The molecule has 0 saturated carbocycles. The Balaban J connectivity index is 2.20. The van der Waals surface area contributed by atoms with Gasteiger partial charge in [-0.3, -0.25) is 0 Å². The van der Waals surface area contributed by atoms with Crippen molar-refractivity contribution in [3.8, 4) is 0 Å². The monoisotopic (exact) mass is 397 g/mol. The fraction of sp³-hybridized carbons (Fsp3) is 0.417. The van der Waals surface area contributed by atoms with E-state index in [0.29, 0.717) is 13.2 Å². The average molecular weight is 398 g/mol. The summed E-state index contributed by atoms with van der Waals surface area (Å²) in [7, 11) is -1.80. The van der Waals surface area contributed by atoms with Crippen LogP contribution in [0.2, 0.25) is 19.6 Å². The van der Waals surface area contributed by atoms with Crippen molar-refractivity contribution in [2.75, 3.05) is 6.61 Å². The topological polar surface area (TPSA) is 21.7 Å². The molecular weight excluding hydrogens is 362 g/mol. The maximum Gasteiger partial charge on any atom is 0.212 e. The summed E-state index contributed by atoms with van der Waals surface area (Å²) in [4.78, 5) is 0. The molecule has 1 atom stereocenters. The second-order valence-electron chi connectivity index (χ2n) is 8.81. The zero-order valence-electron chi connectivity index (χ0n) is 18.0. The van der Waals surface area contributed by atoms with Crippen molar-refractivity contribution < 1.29 is 9.26 Å². The molecule has 0 aliphatic heterocycles. The first-order chi connectivity index (χ1) is 13.2. The molecule has 152 valence electrons. The molecule has 0 aliphatic rings.